The molecule has 1 fully saturated rings. The standard InChI is InChI=1S/C14H28O2S/c1-5-14(6-2,10-17)9-15-13-7-11(3)16-12(4)8-13/h11-13,17H,5-10H2,1-4H3. The molecule has 0 aliphatic carbocycles. The Morgan fingerprint density at radius 1 is 1.18 bits per heavy atom. The van der Waals surface area contributed by atoms with E-state index in [2.05, 4.69) is 40.3 Å². The third kappa shape index (κ3) is 4.46. The largest absolute Gasteiger partial charge is 0.377 e. The molecule has 3 heteroatoms. The van der Waals surface area contributed by atoms with Crippen LogP contribution in [0, 0.1) is 5.41 Å². The summed E-state index contributed by atoms with van der Waals surface area (Å²) < 4.78 is 11.9. The van der Waals surface area contributed by atoms with Crippen LogP contribution in [0.2, 0.25) is 0 Å². The maximum atomic E-state index is 6.13. The van der Waals surface area contributed by atoms with Crippen molar-refractivity contribution in [1.82, 2.24) is 0 Å². The number of hydrogen-bond acceptors (Lipinski definition) is 3. The van der Waals surface area contributed by atoms with E-state index in [1.807, 2.05) is 0 Å². The monoisotopic (exact) mass is 260 g/mol. The molecule has 0 aromatic heterocycles. The molecule has 102 valence electrons. The van der Waals surface area contributed by atoms with Crippen LogP contribution in [-0.4, -0.2) is 30.7 Å². The van der Waals surface area contributed by atoms with Crippen molar-refractivity contribution >= 4 is 12.6 Å². The molecule has 0 amide bonds. The van der Waals surface area contributed by atoms with Gasteiger partial charge in [0.15, 0.2) is 0 Å². The zero-order valence-corrected chi connectivity index (χ0v) is 12.6. The second kappa shape index (κ2) is 7.01. The molecule has 1 heterocycles. The number of rotatable bonds is 6. The molecule has 0 bridgehead atoms. The highest BCUT2D eigenvalue weighted by molar-refractivity contribution is 7.80. The summed E-state index contributed by atoms with van der Waals surface area (Å²) >= 11 is 4.49. The second-order valence-electron chi connectivity index (χ2n) is 5.53. The van der Waals surface area contributed by atoms with Crippen LogP contribution in [0.25, 0.3) is 0 Å². The number of ether oxygens (including phenoxy) is 2. The smallest absolute Gasteiger partial charge is 0.0624 e. The van der Waals surface area contributed by atoms with Crippen LogP contribution in [0.3, 0.4) is 0 Å². The summed E-state index contributed by atoms with van der Waals surface area (Å²) in [5.74, 6) is 0.911. The van der Waals surface area contributed by atoms with Gasteiger partial charge in [-0.1, -0.05) is 13.8 Å². The molecule has 0 aromatic carbocycles. The van der Waals surface area contributed by atoms with Crippen LogP contribution >= 0.6 is 12.6 Å². The van der Waals surface area contributed by atoms with E-state index >= 15 is 0 Å². The fourth-order valence-corrected chi connectivity index (χ4v) is 3.04. The average molecular weight is 260 g/mol. The Morgan fingerprint density at radius 3 is 2.12 bits per heavy atom. The Balaban J connectivity index is 2.43. The SMILES string of the molecule is CCC(CC)(CS)COC1CC(C)OC(C)C1. The predicted octanol–water partition coefficient (Wildman–Crippen LogP) is 3.70. The minimum Gasteiger partial charge on any atom is -0.377 e. The van der Waals surface area contributed by atoms with E-state index in [0.717, 1.165) is 38.0 Å². The molecular formula is C14H28O2S. The average Bonchev–Trinajstić information content (AvgIpc) is 2.30. The Labute approximate surface area is 112 Å². The molecule has 0 N–H and O–H groups in total. The van der Waals surface area contributed by atoms with Gasteiger partial charge in [-0.15, -0.1) is 0 Å². The Morgan fingerprint density at radius 2 is 1.71 bits per heavy atom. The normalized spacial score (nSPS) is 30.5. The fourth-order valence-electron chi connectivity index (χ4n) is 2.50. The van der Waals surface area contributed by atoms with Crippen molar-refractivity contribution in [3.63, 3.8) is 0 Å². The van der Waals surface area contributed by atoms with Crippen LogP contribution in [0.4, 0.5) is 0 Å². The lowest BCUT2D eigenvalue weighted by Gasteiger charge is -2.36. The molecule has 0 spiro atoms. The van der Waals surface area contributed by atoms with Crippen molar-refractivity contribution in [3.8, 4) is 0 Å². The first-order valence-corrected chi connectivity index (χ1v) is 7.56. The van der Waals surface area contributed by atoms with Crippen LogP contribution in [0.5, 0.6) is 0 Å². The first kappa shape index (κ1) is 15.3. The van der Waals surface area contributed by atoms with E-state index in [1.165, 1.54) is 0 Å². The van der Waals surface area contributed by atoms with Gasteiger partial charge in [0.1, 0.15) is 0 Å². The summed E-state index contributed by atoms with van der Waals surface area (Å²) in [6, 6.07) is 0. The van der Waals surface area contributed by atoms with Crippen molar-refractivity contribution in [3.05, 3.63) is 0 Å². The van der Waals surface area contributed by atoms with Crippen molar-refractivity contribution in [1.29, 1.82) is 0 Å². The van der Waals surface area contributed by atoms with Crippen LogP contribution in [0.15, 0.2) is 0 Å². The molecule has 1 aliphatic heterocycles. The number of thiol groups is 1. The van der Waals surface area contributed by atoms with E-state index in [-0.39, 0.29) is 5.41 Å². The molecule has 2 atom stereocenters. The number of hydrogen-bond donors (Lipinski definition) is 1. The molecular weight excluding hydrogens is 232 g/mol. The van der Waals surface area contributed by atoms with Crippen LogP contribution in [-0.2, 0) is 9.47 Å². The lowest BCUT2D eigenvalue weighted by atomic mass is 9.85. The van der Waals surface area contributed by atoms with E-state index in [1.54, 1.807) is 0 Å². The molecule has 1 aliphatic rings. The maximum absolute atomic E-state index is 6.13. The van der Waals surface area contributed by atoms with Crippen molar-refractivity contribution in [2.24, 2.45) is 5.41 Å². The minimum atomic E-state index is 0.258. The van der Waals surface area contributed by atoms with Crippen molar-refractivity contribution < 1.29 is 9.47 Å². The quantitative estimate of drug-likeness (QED) is 0.734. The summed E-state index contributed by atoms with van der Waals surface area (Å²) in [6.07, 6.45) is 5.37. The van der Waals surface area contributed by atoms with Gasteiger partial charge in [-0.2, -0.15) is 12.6 Å². The molecule has 0 saturated carbocycles. The van der Waals surface area contributed by atoms with Crippen LogP contribution in [0.1, 0.15) is 53.4 Å². The van der Waals surface area contributed by atoms with Crippen molar-refractivity contribution in [2.75, 3.05) is 12.4 Å². The highest BCUT2D eigenvalue weighted by Gasteiger charge is 2.29. The van der Waals surface area contributed by atoms with Crippen LogP contribution < -0.4 is 0 Å². The second-order valence-corrected chi connectivity index (χ2v) is 5.84. The third-order valence-electron chi connectivity index (χ3n) is 4.11. The molecule has 2 nitrogen and oxygen atoms in total. The van der Waals surface area contributed by atoms with Gasteiger partial charge in [-0.25, -0.2) is 0 Å². The van der Waals surface area contributed by atoms with Gasteiger partial charge >= 0.3 is 0 Å². The first-order valence-electron chi connectivity index (χ1n) is 6.93. The molecule has 17 heavy (non-hydrogen) atoms. The van der Waals surface area contributed by atoms with Gasteiger partial charge in [-0.05, 0) is 45.3 Å². The lowest BCUT2D eigenvalue weighted by Crippen LogP contribution is -2.37. The predicted molar refractivity (Wildman–Crippen MR) is 75.9 cm³/mol. The van der Waals surface area contributed by atoms with E-state index in [9.17, 15) is 0 Å². The van der Waals surface area contributed by atoms with Crippen molar-refractivity contribution in [2.45, 2.75) is 71.7 Å². The molecule has 0 radical (unpaired) electrons. The Kier molecular flexibility index (Phi) is 6.32. The van der Waals surface area contributed by atoms with Gasteiger partial charge in [0, 0.05) is 5.41 Å². The van der Waals surface area contributed by atoms with Gasteiger partial charge in [0.25, 0.3) is 0 Å². The zero-order valence-electron chi connectivity index (χ0n) is 11.7. The summed E-state index contributed by atoms with van der Waals surface area (Å²) in [5.41, 5.74) is 0.258. The van der Waals surface area contributed by atoms with E-state index in [4.69, 9.17) is 9.47 Å². The van der Waals surface area contributed by atoms with E-state index in [0.29, 0.717) is 18.3 Å². The van der Waals surface area contributed by atoms with Gasteiger partial charge < -0.3 is 9.47 Å². The summed E-state index contributed by atoms with van der Waals surface area (Å²) in [7, 11) is 0. The fraction of sp³-hybridized carbons (Fsp3) is 1.00. The molecule has 1 rings (SSSR count). The highest BCUT2D eigenvalue weighted by Crippen LogP contribution is 2.30. The van der Waals surface area contributed by atoms with Gasteiger partial charge in [0.05, 0.1) is 24.9 Å². The van der Waals surface area contributed by atoms with E-state index < -0.39 is 0 Å². The Bertz CT molecular complexity index is 198. The molecule has 1 saturated heterocycles. The summed E-state index contributed by atoms with van der Waals surface area (Å²) in [6.45, 7) is 9.58. The van der Waals surface area contributed by atoms with Gasteiger partial charge in [0.2, 0.25) is 0 Å². The maximum Gasteiger partial charge on any atom is 0.0624 e. The zero-order chi connectivity index (χ0) is 12.9. The summed E-state index contributed by atoms with van der Waals surface area (Å²) in [5, 5.41) is 0. The first-order chi connectivity index (χ1) is 8.05. The minimum absolute atomic E-state index is 0.258. The molecule has 2 unspecified atom stereocenters. The third-order valence-corrected chi connectivity index (χ3v) is 4.79. The molecule has 0 aromatic rings. The Hall–Kier alpha value is 0.270. The highest BCUT2D eigenvalue weighted by atomic mass is 32.1. The van der Waals surface area contributed by atoms with Gasteiger partial charge in [-0.3, -0.25) is 0 Å². The summed E-state index contributed by atoms with van der Waals surface area (Å²) in [4.78, 5) is 0. The topological polar surface area (TPSA) is 18.5 Å². The lowest BCUT2D eigenvalue weighted by molar-refractivity contribution is -0.114.